The highest BCUT2D eigenvalue weighted by molar-refractivity contribution is 5.97. The zero-order valence-electron chi connectivity index (χ0n) is 19.8. The summed E-state index contributed by atoms with van der Waals surface area (Å²) in [5.41, 5.74) is 0.984. The van der Waals surface area contributed by atoms with Crippen molar-refractivity contribution < 1.29 is 19.4 Å². The molecule has 1 aliphatic carbocycles. The molecule has 2 amide bonds. The Morgan fingerprint density at radius 1 is 1.38 bits per heavy atom. The molecule has 174 valence electrons. The summed E-state index contributed by atoms with van der Waals surface area (Å²) in [6.45, 7) is 8.51. The number of aliphatic hydroxyl groups is 1. The zero-order chi connectivity index (χ0) is 23.4. The molecule has 1 aliphatic heterocycles. The fourth-order valence-electron chi connectivity index (χ4n) is 3.71. The third kappa shape index (κ3) is 6.01. The van der Waals surface area contributed by atoms with Crippen molar-refractivity contribution in [2.75, 3.05) is 26.7 Å². The summed E-state index contributed by atoms with van der Waals surface area (Å²) >= 11 is 0. The van der Waals surface area contributed by atoms with E-state index in [4.69, 9.17) is 4.74 Å². The van der Waals surface area contributed by atoms with Gasteiger partial charge in [0.25, 0.3) is 5.91 Å². The first-order valence-electron chi connectivity index (χ1n) is 11.5. The van der Waals surface area contributed by atoms with E-state index in [1.54, 1.807) is 29.1 Å². The van der Waals surface area contributed by atoms with E-state index in [0.29, 0.717) is 36.6 Å². The van der Waals surface area contributed by atoms with E-state index in [2.05, 4.69) is 16.8 Å². The minimum Gasteiger partial charge on any atom is -0.472 e. The molecule has 2 heterocycles. The zero-order valence-corrected chi connectivity index (χ0v) is 19.8. The molecule has 3 atom stereocenters. The van der Waals surface area contributed by atoms with Crippen molar-refractivity contribution in [1.29, 1.82) is 0 Å². The van der Waals surface area contributed by atoms with Crippen LogP contribution < -0.4 is 4.74 Å². The normalized spacial score (nSPS) is 21.6. The van der Waals surface area contributed by atoms with E-state index in [1.165, 1.54) is 0 Å². The van der Waals surface area contributed by atoms with Crippen molar-refractivity contribution >= 4 is 11.8 Å². The van der Waals surface area contributed by atoms with Gasteiger partial charge in [-0.15, -0.1) is 0 Å². The number of carbonyl (C=O) groups is 2. The maximum Gasteiger partial charge on any atom is 0.259 e. The van der Waals surface area contributed by atoms with E-state index < -0.39 is 0 Å². The van der Waals surface area contributed by atoms with E-state index in [9.17, 15) is 14.7 Å². The molecule has 3 rings (SSSR count). The third-order valence-electron chi connectivity index (χ3n) is 6.07. The lowest BCUT2D eigenvalue weighted by Gasteiger charge is -2.37. The lowest BCUT2D eigenvalue weighted by molar-refractivity contribution is -0.131. The number of fused-ring (bicyclic) bond motifs is 1. The van der Waals surface area contributed by atoms with Crippen LogP contribution in [0.4, 0.5) is 0 Å². The lowest BCUT2D eigenvalue weighted by atomic mass is 9.99. The van der Waals surface area contributed by atoms with Crippen molar-refractivity contribution in [3.63, 3.8) is 0 Å². The molecule has 0 spiro atoms. The molecule has 1 saturated carbocycles. The van der Waals surface area contributed by atoms with Gasteiger partial charge in [0, 0.05) is 43.6 Å². The van der Waals surface area contributed by atoms with Crippen LogP contribution in [-0.4, -0.2) is 70.6 Å². The molecule has 1 fully saturated rings. The van der Waals surface area contributed by atoms with Crippen molar-refractivity contribution in [1.82, 2.24) is 14.8 Å². The van der Waals surface area contributed by atoms with E-state index in [1.807, 2.05) is 27.7 Å². The first-order chi connectivity index (χ1) is 15.2. The number of carbonyl (C=O) groups excluding carboxylic acids is 2. The summed E-state index contributed by atoms with van der Waals surface area (Å²) in [6.07, 6.45) is 4.13. The van der Waals surface area contributed by atoms with Gasteiger partial charge in [-0.05, 0) is 31.7 Å². The summed E-state index contributed by atoms with van der Waals surface area (Å²) in [6, 6.07) is 1.36. The fourth-order valence-corrected chi connectivity index (χ4v) is 3.71. The Morgan fingerprint density at radius 3 is 2.72 bits per heavy atom. The average Bonchev–Trinajstić information content (AvgIpc) is 3.58. The topological polar surface area (TPSA) is 83.0 Å². The van der Waals surface area contributed by atoms with Gasteiger partial charge in [-0.25, -0.2) is 4.98 Å². The highest BCUT2D eigenvalue weighted by Gasteiger charge is 2.35. The molecule has 0 saturated heterocycles. The number of nitrogens with zero attached hydrogens (tertiary/aromatic N) is 3. The number of hydrogen-bond donors (Lipinski definition) is 1. The number of aliphatic hydroxyl groups excluding tert-OH is 1. The lowest BCUT2D eigenvalue weighted by Crippen LogP contribution is -2.50. The largest absolute Gasteiger partial charge is 0.472 e. The number of pyridine rings is 1. The van der Waals surface area contributed by atoms with Gasteiger partial charge >= 0.3 is 0 Å². The second-order valence-electron chi connectivity index (χ2n) is 9.55. The van der Waals surface area contributed by atoms with Crippen molar-refractivity contribution in [3.8, 4) is 17.7 Å². The molecular weight excluding hydrogens is 406 g/mol. The summed E-state index contributed by atoms with van der Waals surface area (Å²) in [4.78, 5) is 33.8. The number of likely N-dealkylation sites (N-methyl/N-ethyl adjacent to an activating group) is 1. The predicted molar refractivity (Wildman–Crippen MR) is 122 cm³/mol. The van der Waals surface area contributed by atoms with Crippen LogP contribution in [0, 0.1) is 29.6 Å². The number of rotatable bonds is 6. The fraction of sp³-hybridized carbons (Fsp3) is 0.640. The molecule has 32 heavy (non-hydrogen) atoms. The van der Waals surface area contributed by atoms with Gasteiger partial charge in [0.1, 0.15) is 11.7 Å². The van der Waals surface area contributed by atoms with Crippen LogP contribution in [0.25, 0.3) is 0 Å². The summed E-state index contributed by atoms with van der Waals surface area (Å²) in [7, 11) is 1.80. The molecule has 7 heteroatoms. The van der Waals surface area contributed by atoms with E-state index in [0.717, 1.165) is 12.8 Å². The molecule has 1 N–H and O–H groups in total. The maximum atomic E-state index is 13.4. The summed E-state index contributed by atoms with van der Waals surface area (Å²) in [5.74, 6) is 6.95. The molecule has 0 bridgehead atoms. The Bertz CT molecular complexity index is 900. The Hall–Kier alpha value is -2.59. The highest BCUT2D eigenvalue weighted by atomic mass is 16.5. The monoisotopic (exact) mass is 441 g/mol. The predicted octanol–water partition coefficient (Wildman–Crippen LogP) is 2.57. The average molecular weight is 442 g/mol. The first kappa shape index (κ1) is 24.1. The Kier molecular flexibility index (Phi) is 7.78. The quantitative estimate of drug-likeness (QED) is 0.686. The minimum atomic E-state index is -0.351. The Balaban J connectivity index is 1.91. The summed E-state index contributed by atoms with van der Waals surface area (Å²) < 4.78 is 6.24. The number of amides is 2. The minimum absolute atomic E-state index is 0.0560. The number of ether oxygens (including phenoxy) is 1. The van der Waals surface area contributed by atoms with Crippen LogP contribution in [0.15, 0.2) is 12.3 Å². The van der Waals surface area contributed by atoms with Crippen molar-refractivity contribution in [2.24, 2.45) is 17.8 Å². The molecule has 0 unspecified atom stereocenters. The molecule has 0 radical (unpaired) electrons. The Morgan fingerprint density at radius 2 is 2.09 bits per heavy atom. The van der Waals surface area contributed by atoms with E-state index in [-0.39, 0.29) is 48.3 Å². The van der Waals surface area contributed by atoms with Crippen LogP contribution in [0.1, 0.15) is 62.9 Å². The SMILES string of the molecule is CC(C)C#Cc1cnc2c(c1)C(=O)N([C@H](C)CO)C[C@@H](C)[C@@H](CN(C)C(=O)CC1CC1)O2. The molecule has 7 nitrogen and oxygen atoms in total. The maximum absolute atomic E-state index is 13.4. The summed E-state index contributed by atoms with van der Waals surface area (Å²) in [5, 5.41) is 9.76. The molecule has 1 aromatic rings. The van der Waals surface area contributed by atoms with Crippen LogP contribution >= 0.6 is 0 Å². The number of hydrogen-bond acceptors (Lipinski definition) is 5. The number of aromatic nitrogens is 1. The van der Waals surface area contributed by atoms with Crippen molar-refractivity contribution in [2.45, 2.75) is 59.1 Å². The smallest absolute Gasteiger partial charge is 0.259 e. The van der Waals surface area contributed by atoms with Crippen LogP contribution in [-0.2, 0) is 4.79 Å². The first-order valence-corrected chi connectivity index (χ1v) is 11.5. The van der Waals surface area contributed by atoms with Gasteiger partial charge in [-0.3, -0.25) is 9.59 Å². The van der Waals surface area contributed by atoms with Gasteiger partial charge in [0.05, 0.1) is 19.2 Å². The standard InChI is InChI=1S/C25H35N3O4/c1-16(2)6-7-20-10-21-24(26-12-20)32-22(14-27(5)23(30)11-19-8-9-19)17(3)13-28(25(21)31)18(4)15-29/h10,12,16-19,22,29H,8-9,11,13-15H2,1-5H3/t17-,18-,22-/m1/s1. The van der Waals surface area contributed by atoms with E-state index >= 15 is 0 Å². The molecule has 1 aromatic heterocycles. The van der Waals surface area contributed by atoms with Gasteiger partial charge in [-0.2, -0.15) is 0 Å². The van der Waals surface area contributed by atoms with Crippen LogP contribution in [0.2, 0.25) is 0 Å². The molecular formula is C25H35N3O4. The second kappa shape index (κ2) is 10.4. The highest BCUT2D eigenvalue weighted by Crippen LogP contribution is 2.33. The Labute approximate surface area is 191 Å². The second-order valence-corrected chi connectivity index (χ2v) is 9.55. The van der Waals surface area contributed by atoms with Gasteiger partial charge in [-0.1, -0.05) is 32.6 Å². The van der Waals surface area contributed by atoms with Crippen LogP contribution in [0.5, 0.6) is 5.88 Å². The van der Waals surface area contributed by atoms with Crippen LogP contribution in [0.3, 0.4) is 0 Å². The van der Waals surface area contributed by atoms with Gasteiger partial charge < -0.3 is 19.6 Å². The molecule has 2 aliphatic rings. The van der Waals surface area contributed by atoms with Gasteiger partial charge in [0.2, 0.25) is 11.8 Å². The van der Waals surface area contributed by atoms with Gasteiger partial charge in [0.15, 0.2) is 0 Å². The third-order valence-corrected chi connectivity index (χ3v) is 6.07. The molecule has 0 aromatic carbocycles. The van der Waals surface area contributed by atoms with Crippen molar-refractivity contribution in [3.05, 3.63) is 23.4 Å².